The van der Waals surface area contributed by atoms with Crippen LogP contribution in [0.2, 0.25) is 0 Å². The van der Waals surface area contributed by atoms with Gasteiger partial charge >= 0.3 is 0 Å². The SMILES string of the molecule is Cc1cc(CSc2ccccc2C(=O)NC2CC2)no1. The number of nitrogens with one attached hydrogen (secondary N) is 1. The first-order valence-corrected chi connectivity index (χ1v) is 7.66. The molecule has 0 unspecified atom stereocenters. The lowest BCUT2D eigenvalue weighted by molar-refractivity contribution is 0.0948. The fraction of sp³-hybridized carbons (Fsp3) is 0.333. The lowest BCUT2D eigenvalue weighted by Gasteiger charge is -2.08. The normalized spacial score (nSPS) is 14.2. The topological polar surface area (TPSA) is 55.1 Å². The lowest BCUT2D eigenvalue weighted by atomic mass is 10.2. The molecule has 0 radical (unpaired) electrons. The minimum Gasteiger partial charge on any atom is -0.361 e. The number of nitrogens with zero attached hydrogens (tertiary/aromatic N) is 1. The Morgan fingerprint density at radius 2 is 2.25 bits per heavy atom. The fourth-order valence-corrected chi connectivity index (χ4v) is 2.84. The van der Waals surface area contributed by atoms with Gasteiger partial charge in [0, 0.05) is 22.8 Å². The second kappa shape index (κ2) is 5.71. The van der Waals surface area contributed by atoms with Gasteiger partial charge in [-0.05, 0) is 31.9 Å². The first-order chi connectivity index (χ1) is 9.72. The van der Waals surface area contributed by atoms with Gasteiger partial charge in [-0.1, -0.05) is 17.3 Å². The monoisotopic (exact) mass is 288 g/mol. The molecule has 0 spiro atoms. The zero-order valence-corrected chi connectivity index (χ0v) is 12.1. The number of thioether (sulfide) groups is 1. The third kappa shape index (κ3) is 3.22. The van der Waals surface area contributed by atoms with E-state index in [4.69, 9.17) is 4.52 Å². The number of carbonyl (C=O) groups is 1. The Bertz CT molecular complexity index is 620. The molecule has 104 valence electrons. The van der Waals surface area contributed by atoms with Crippen LogP contribution < -0.4 is 5.32 Å². The molecule has 0 atom stereocenters. The van der Waals surface area contributed by atoms with Gasteiger partial charge in [0.1, 0.15) is 5.76 Å². The van der Waals surface area contributed by atoms with Crippen molar-refractivity contribution in [2.24, 2.45) is 0 Å². The van der Waals surface area contributed by atoms with Crippen LogP contribution >= 0.6 is 11.8 Å². The molecular weight excluding hydrogens is 272 g/mol. The number of aryl methyl sites for hydroxylation is 1. The van der Waals surface area contributed by atoms with E-state index >= 15 is 0 Å². The summed E-state index contributed by atoms with van der Waals surface area (Å²) in [4.78, 5) is 13.2. The number of benzene rings is 1. The summed E-state index contributed by atoms with van der Waals surface area (Å²) in [5.41, 5.74) is 1.63. The summed E-state index contributed by atoms with van der Waals surface area (Å²) in [5.74, 6) is 1.53. The largest absolute Gasteiger partial charge is 0.361 e. The van der Waals surface area contributed by atoms with Crippen LogP contribution in [0.15, 0.2) is 39.8 Å². The quantitative estimate of drug-likeness (QED) is 0.859. The molecule has 1 N–H and O–H groups in total. The fourth-order valence-electron chi connectivity index (χ4n) is 1.91. The van der Waals surface area contributed by atoms with Crippen LogP contribution in [-0.2, 0) is 5.75 Å². The summed E-state index contributed by atoms with van der Waals surface area (Å²) in [6.45, 7) is 1.87. The van der Waals surface area contributed by atoms with E-state index in [-0.39, 0.29) is 5.91 Å². The minimum atomic E-state index is 0.0203. The summed E-state index contributed by atoms with van der Waals surface area (Å²) >= 11 is 1.61. The maximum Gasteiger partial charge on any atom is 0.252 e. The van der Waals surface area contributed by atoms with E-state index < -0.39 is 0 Å². The van der Waals surface area contributed by atoms with Crippen LogP contribution in [0, 0.1) is 6.92 Å². The molecule has 4 nitrogen and oxygen atoms in total. The van der Waals surface area contributed by atoms with E-state index in [1.165, 1.54) is 0 Å². The molecule has 0 bridgehead atoms. The summed E-state index contributed by atoms with van der Waals surface area (Å²) < 4.78 is 5.05. The maximum absolute atomic E-state index is 12.2. The third-order valence-electron chi connectivity index (χ3n) is 3.10. The van der Waals surface area contributed by atoms with Crippen LogP contribution in [0.5, 0.6) is 0 Å². The number of aromatic nitrogens is 1. The third-order valence-corrected chi connectivity index (χ3v) is 4.20. The molecule has 0 saturated heterocycles. The van der Waals surface area contributed by atoms with Crippen molar-refractivity contribution in [3.05, 3.63) is 47.3 Å². The highest BCUT2D eigenvalue weighted by molar-refractivity contribution is 7.98. The molecule has 5 heteroatoms. The van der Waals surface area contributed by atoms with Gasteiger partial charge in [-0.25, -0.2) is 0 Å². The van der Waals surface area contributed by atoms with Gasteiger partial charge in [0.15, 0.2) is 0 Å². The van der Waals surface area contributed by atoms with Crippen molar-refractivity contribution in [2.45, 2.75) is 36.5 Å². The molecule has 3 rings (SSSR count). The highest BCUT2D eigenvalue weighted by Crippen LogP contribution is 2.27. The molecule has 1 aliphatic rings. The van der Waals surface area contributed by atoms with Gasteiger partial charge in [-0.2, -0.15) is 0 Å². The van der Waals surface area contributed by atoms with Crippen molar-refractivity contribution < 1.29 is 9.32 Å². The van der Waals surface area contributed by atoms with E-state index in [1.807, 2.05) is 37.3 Å². The van der Waals surface area contributed by atoms with Gasteiger partial charge < -0.3 is 9.84 Å². The van der Waals surface area contributed by atoms with Gasteiger partial charge in [0.25, 0.3) is 5.91 Å². The van der Waals surface area contributed by atoms with Crippen molar-refractivity contribution in [1.29, 1.82) is 0 Å². The Labute approximate surface area is 121 Å². The second-order valence-corrected chi connectivity index (χ2v) is 5.98. The molecule has 1 aromatic heterocycles. The van der Waals surface area contributed by atoms with Crippen LogP contribution in [0.25, 0.3) is 0 Å². The molecule has 1 heterocycles. The van der Waals surface area contributed by atoms with Crippen molar-refractivity contribution in [3.63, 3.8) is 0 Å². The van der Waals surface area contributed by atoms with E-state index in [9.17, 15) is 4.79 Å². The Morgan fingerprint density at radius 3 is 2.95 bits per heavy atom. The first kappa shape index (κ1) is 13.2. The number of amides is 1. The second-order valence-electron chi connectivity index (χ2n) is 4.96. The molecule has 1 aromatic carbocycles. The van der Waals surface area contributed by atoms with E-state index in [2.05, 4.69) is 10.5 Å². The highest BCUT2D eigenvalue weighted by Gasteiger charge is 2.24. The summed E-state index contributed by atoms with van der Waals surface area (Å²) in [6, 6.07) is 9.97. The number of carbonyl (C=O) groups excluding carboxylic acids is 1. The van der Waals surface area contributed by atoms with Gasteiger partial charge in [-0.15, -0.1) is 11.8 Å². The van der Waals surface area contributed by atoms with E-state index in [0.717, 1.165) is 34.8 Å². The van der Waals surface area contributed by atoms with Crippen molar-refractivity contribution >= 4 is 17.7 Å². The zero-order chi connectivity index (χ0) is 13.9. The average molecular weight is 288 g/mol. The van der Waals surface area contributed by atoms with Crippen LogP contribution in [0.1, 0.15) is 34.7 Å². The molecule has 0 aliphatic heterocycles. The van der Waals surface area contributed by atoms with E-state index in [0.29, 0.717) is 11.8 Å². The predicted molar refractivity (Wildman–Crippen MR) is 77.7 cm³/mol. The molecule has 1 fully saturated rings. The van der Waals surface area contributed by atoms with Gasteiger partial charge in [0.2, 0.25) is 0 Å². The summed E-state index contributed by atoms with van der Waals surface area (Å²) in [5, 5.41) is 6.99. The summed E-state index contributed by atoms with van der Waals surface area (Å²) in [6.07, 6.45) is 2.19. The molecule has 1 saturated carbocycles. The van der Waals surface area contributed by atoms with E-state index in [1.54, 1.807) is 11.8 Å². The Hall–Kier alpha value is -1.75. The van der Waals surface area contributed by atoms with Crippen molar-refractivity contribution in [1.82, 2.24) is 10.5 Å². The zero-order valence-electron chi connectivity index (χ0n) is 11.3. The van der Waals surface area contributed by atoms with Crippen molar-refractivity contribution in [2.75, 3.05) is 0 Å². The van der Waals surface area contributed by atoms with Gasteiger partial charge in [-0.3, -0.25) is 4.79 Å². The molecule has 1 amide bonds. The summed E-state index contributed by atoms with van der Waals surface area (Å²) in [7, 11) is 0. The number of hydrogen-bond acceptors (Lipinski definition) is 4. The molecule has 20 heavy (non-hydrogen) atoms. The number of rotatable bonds is 5. The minimum absolute atomic E-state index is 0.0203. The smallest absolute Gasteiger partial charge is 0.252 e. The molecule has 2 aromatic rings. The molecular formula is C15H16N2O2S. The highest BCUT2D eigenvalue weighted by atomic mass is 32.2. The molecule has 1 aliphatic carbocycles. The van der Waals surface area contributed by atoms with Gasteiger partial charge in [0.05, 0.1) is 11.3 Å². The number of hydrogen-bond donors (Lipinski definition) is 1. The lowest BCUT2D eigenvalue weighted by Crippen LogP contribution is -2.25. The predicted octanol–water partition coefficient (Wildman–Crippen LogP) is 3.17. The van der Waals surface area contributed by atoms with Crippen LogP contribution in [-0.4, -0.2) is 17.1 Å². The average Bonchev–Trinajstić information content (AvgIpc) is 3.17. The standard InChI is InChI=1S/C15H16N2O2S/c1-10-8-12(17-19-10)9-20-14-5-3-2-4-13(14)15(18)16-11-6-7-11/h2-5,8,11H,6-7,9H2,1H3,(H,16,18). The first-order valence-electron chi connectivity index (χ1n) is 6.67. The maximum atomic E-state index is 12.2. The van der Waals surface area contributed by atoms with Crippen LogP contribution in [0.4, 0.5) is 0 Å². The Kier molecular flexibility index (Phi) is 3.78. The Morgan fingerprint density at radius 1 is 1.45 bits per heavy atom. The van der Waals surface area contributed by atoms with Crippen LogP contribution in [0.3, 0.4) is 0 Å². The van der Waals surface area contributed by atoms with Crippen molar-refractivity contribution in [3.8, 4) is 0 Å². The Balaban J connectivity index is 1.70.